The maximum absolute atomic E-state index is 12.9. The van der Waals surface area contributed by atoms with Crippen molar-refractivity contribution < 1.29 is 9.90 Å². The minimum atomic E-state index is -1.12. The predicted octanol–water partition coefficient (Wildman–Crippen LogP) is 3.67. The number of hydrogen-bond acceptors (Lipinski definition) is 4. The molecule has 0 unspecified atom stereocenters. The lowest BCUT2D eigenvalue weighted by molar-refractivity contribution is -0.152. The summed E-state index contributed by atoms with van der Waals surface area (Å²) < 4.78 is 0. The van der Waals surface area contributed by atoms with E-state index < -0.39 is 5.60 Å². The summed E-state index contributed by atoms with van der Waals surface area (Å²) >= 11 is 1.69. The van der Waals surface area contributed by atoms with Crippen molar-refractivity contribution in [3.05, 3.63) is 52.0 Å². The van der Waals surface area contributed by atoms with Gasteiger partial charge in [0.25, 0.3) is 5.91 Å². The Morgan fingerprint density at radius 3 is 2.35 bits per heavy atom. The number of carbonyl (C=O) groups is 1. The molecule has 1 aromatic carbocycles. The maximum Gasteiger partial charge on any atom is 0.254 e. The summed E-state index contributed by atoms with van der Waals surface area (Å²) in [5.74, 6) is -0.0638. The number of piperidine rings is 1. The lowest BCUT2D eigenvalue weighted by Gasteiger charge is -2.43. The average Bonchev–Trinajstić information content (AvgIpc) is 3.31. The molecule has 4 nitrogen and oxygen atoms in total. The molecule has 5 heteroatoms. The van der Waals surface area contributed by atoms with Crippen LogP contribution >= 0.6 is 11.3 Å². The van der Waals surface area contributed by atoms with Gasteiger partial charge in [0.2, 0.25) is 0 Å². The molecule has 1 saturated heterocycles. The quantitative estimate of drug-likeness (QED) is 0.897. The Bertz CT molecular complexity index is 772. The Morgan fingerprint density at radius 2 is 1.77 bits per heavy atom. The first kappa shape index (κ1) is 17.7. The Hall–Kier alpha value is -1.72. The van der Waals surface area contributed by atoms with Crippen LogP contribution in [0.2, 0.25) is 0 Å². The van der Waals surface area contributed by atoms with Crippen LogP contribution in [0.1, 0.15) is 54.8 Å². The lowest BCUT2D eigenvalue weighted by Crippen LogP contribution is -2.53. The van der Waals surface area contributed by atoms with Crippen molar-refractivity contribution in [2.45, 2.75) is 56.5 Å². The van der Waals surface area contributed by atoms with E-state index in [1.54, 1.807) is 11.3 Å². The van der Waals surface area contributed by atoms with Crippen LogP contribution in [0.3, 0.4) is 0 Å². The average molecular weight is 371 g/mol. The standard InChI is InChI=1S/C21H26N2O2S/c1-16-22-18(15-26-16)20(17-7-3-2-4-8-17)11-13-23(14-12-20)19(24)21(25)9-5-6-10-21/h2-4,7-8,15,25H,5-6,9-14H2,1H3. The van der Waals surface area contributed by atoms with Gasteiger partial charge in [0.1, 0.15) is 5.60 Å². The molecule has 1 aliphatic heterocycles. The monoisotopic (exact) mass is 370 g/mol. The Balaban J connectivity index is 1.60. The molecule has 1 amide bonds. The summed E-state index contributed by atoms with van der Waals surface area (Å²) in [6.07, 6.45) is 4.81. The minimum Gasteiger partial charge on any atom is -0.380 e. The molecular weight excluding hydrogens is 344 g/mol. The number of rotatable bonds is 3. The first-order valence-electron chi connectivity index (χ1n) is 9.53. The van der Waals surface area contributed by atoms with E-state index in [0.717, 1.165) is 36.4 Å². The molecule has 0 radical (unpaired) electrons. The predicted molar refractivity (Wildman–Crippen MR) is 103 cm³/mol. The largest absolute Gasteiger partial charge is 0.380 e. The number of thiazole rings is 1. The van der Waals surface area contributed by atoms with Crippen molar-refractivity contribution in [2.75, 3.05) is 13.1 Å². The zero-order valence-electron chi connectivity index (χ0n) is 15.3. The second-order valence-electron chi connectivity index (χ2n) is 7.73. The van der Waals surface area contributed by atoms with E-state index in [1.165, 1.54) is 5.56 Å². The second-order valence-corrected chi connectivity index (χ2v) is 8.79. The highest BCUT2D eigenvalue weighted by atomic mass is 32.1. The molecule has 1 aliphatic carbocycles. The first-order chi connectivity index (χ1) is 12.5. The van der Waals surface area contributed by atoms with E-state index in [9.17, 15) is 9.90 Å². The van der Waals surface area contributed by atoms with E-state index >= 15 is 0 Å². The van der Waals surface area contributed by atoms with Crippen LogP contribution in [0, 0.1) is 6.92 Å². The van der Waals surface area contributed by atoms with Gasteiger partial charge >= 0.3 is 0 Å². The number of aryl methyl sites for hydroxylation is 1. The zero-order valence-corrected chi connectivity index (χ0v) is 16.1. The first-order valence-corrected chi connectivity index (χ1v) is 10.4. The van der Waals surface area contributed by atoms with Crippen molar-refractivity contribution in [2.24, 2.45) is 0 Å². The SMILES string of the molecule is Cc1nc(C2(c3ccccc3)CCN(C(=O)C3(O)CCCC3)CC2)cs1. The summed E-state index contributed by atoms with van der Waals surface area (Å²) in [6.45, 7) is 3.39. The van der Waals surface area contributed by atoms with Gasteiger partial charge < -0.3 is 10.0 Å². The van der Waals surface area contributed by atoms with Gasteiger partial charge in [0.15, 0.2) is 0 Å². The Morgan fingerprint density at radius 1 is 1.12 bits per heavy atom. The highest BCUT2D eigenvalue weighted by molar-refractivity contribution is 7.09. The number of hydrogen-bond donors (Lipinski definition) is 1. The van der Waals surface area contributed by atoms with Gasteiger partial charge in [-0.25, -0.2) is 4.98 Å². The molecule has 138 valence electrons. The molecule has 2 aromatic rings. The molecule has 0 spiro atoms. The molecule has 4 rings (SSSR count). The topological polar surface area (TPSA) is 53.4 Å². The Labute approximate surface area is 158 Å². The maximum atomic E-state index is 12.9. The van der Waals surface area contributed by atoms with Crippen molar-refractivity contribution in [3.8, 4) is 0 Å². The fraction of sp³-hybridized carbons (Fsp3) is 0.524. The normalized spacial score (nSPS) is 21.7. The minimum absolute atomic E-state index is 0.0638. The van der Waals surface area contributed by atoms with E-state index in [1.807, 2.05) is 17.9 Å². The van der Waals surface area contributed by atoms with E-state index in [2.05, 4.69) is 29.6 Å². The van der Waals surface area contributed by atoms with Crippen LogP contribution in [-0.4, -0.2) is 39.6 Å². The third-order valence-electron chi connectivity index (χ3n) is 6.17. The lowest BCUT2D eigenvalue weighted by atomic mass is 9.70. The fourth-order valence-corrected chi connectivity index (χ4v) is 5.30. The molecule has 2 heterocycles. The highest BCUT2D eigenvalue weighted by Crippen LogP contribution is 2.43. The number of amides is 1. The van der Waals surface area contributed by atoms with Gasteiger partial charge in [-0.3, -0.25) is 4.79 Å². The fourth-order valence-electron chi connectivity index (χ4n) is 4.59. The number of likely N-dealkylation sites (tertiary alicyclic amines) is 1. The number of benzene rings is 1. The number of aromatic nitrogens is 1. The van der Waals surface area contributed by atoms with Crippen LogP contribution in [0.5, 0.6) is 0 Å². The molecule has 0 bridgehead atoms. The number of carbonyl (C=O) groups excluding carboxylic acids is 1. The molecule has 2 aliphatic rings. The molecular formula is C21H26N2O2S. The van der Waals surface area contributed by atoms with E-state index in [4.69, 9.17) is 4.98 Å². The van der Waals surface area contributed by atoms with Crippen molar-refractivity contribution in [1.29, 1.82) is 0 Å². The van der Waals surface area contributed by atoms with Crippen LogP contribution < -0.4 is 0 Å². The summed E-state index contributed by atoms with van der Waals surface area (Å²) in [6, 6.07) is 10.6. The number of aliphatic hydroxyl groups is 1. The molecule has 1 saturated carbocycles. The van der Waals surface area contributed by atoms with E-state index in [0.29, 0.717) is 25.9 Å². The van der Waals surface area contributed by atoms with E-state index in [-0.39, 0.29) is 11.3 Å². The van der Waals surface area contributed by atoms with Gasteiger partial charge in [-0.15, -0.1) is 11.3 Å². The van der Waals surface area contributed by atoms with Gasteiger partial charge in [0, 0.05) is 23.9 Å². The van der Waals surface area contributed by atoms with Gasteiger partial charge in [-0.2, -0.15) is 0 Å². The molecule has 1 aromatic heterocycles. The van der Waals surface area contributed by atoms with Crippen LogP contribution in [0.25, 0.3) is 0 Å². The number of nitrogens with zero attached hydrogens (tertiary/aromatic N) is 2. The van der Waals surface area contributed by atoms with Crippen LogP contribution in [0.4, 0.5) is 0 Å². The molecule has 0 atom stereocenters. The molecule has 2 fully saturated rings. The third kappa shape index (κ3) is 2.97. The van der Waals surface area contributed by atoms with Crippen molar-refractivity contribution in [3.63, 3.8) is 0 Å². The van der Waals surface area contributed by atoms with Gasteiger partial charge in [-0.1, -0.05) is 30.3 Å². The summed E-state index contributed by atoms with van der Waals surface area (Å²) in [4.78, 5) is 19.6. The van der Waals surface area contributed by atoms with Gasteiger partial charge in [0.05, 0.1) is 10.7 Å². The van der Waals surface area contributed by atoms with Gasteiger partial charge in [-0.05, 0) is 51.0 Å². The van der Waals surface area contributed by atoms with Crippen molar-refractivity contribution >= 4 is 17.2 Å². The molecule has 26 heavy (non-hydrogen) atoms. The smallest absolute Gasteiger partial charge is 0.254 e. The highest BCUT2D eigenvalue weighted by Gasteiger charge is 2.46. The van der Waals surface area contributed by atoms with Crippen LogP contribution in [-0.2, 0) is 10.2 Å². The Kier molecular flexibility index (Phi) is 4.61. The summed E-state index contributed by atoms with van der Waals surface area (Å²) in [7, 11) is 0. The summed E-state index contributed by atoms with van der Waals surface area (Å²) in [5.41, 5.74) is 1.14. The van der Waals surface area contributed by atoms with Crippen LogP contribution in [0.15, 0.2) is 35.7 Å². The van der Waals surface area contributed by atoms with Crippen molar-refractivity contribution in [1.82, 2.24) is 9.88 Å². The third-order valence-corrected chi connectivity index (χ3v) is 6.94. The zero-order chi connectivity index (χ0) is 18.2. The second kappa shape index (κ2) is 6.78. The summed E-state index contributed by atoms with van der Waals surface area (Å²) in [5, 5.41) is 13.9. The molecule has 1 N–H and O–H groups in total.